The van der Waals surface area contributed by atoms with Gasteiger partial charge in [0.25, 0.3) is 5.69 Å². The highest BCUT2D eigenvalue weighted by Crippen LogP contribution is 2.37. The molecule has 1 aromatic rings. The number of aliphatic hydroxyl groups is 14. The van der Waals surface area contributed by atoms with E-state index in [-0.39, 0.29) is 30.2 Å². The summed E-state index contributed by atoms with van der Waals surface area (Å²) in [7, 11) is 0. The highest BCUT2D eigenvalue weighted by molar-refractivity contribution is 5.75. The van der Waals surface area contributed by atoms with Gasteiger partial charge in [-0.3, -0.25) is 14.9 Å². The number of hydrogen-bond acceptors (Lipinski definition) is 29. The Bertz CT molecular complexity index is 1850. The summed E-state index contributed by atoms with van der Waals surface area (Å²) in [6.07, 6.45) is -45.8. The van der Waals surface area contributed by atoms with E-state index in [0.29, 0.717) is 0 Å². The fourth-order valence-electron chi connectivity index (χ4n) is 8.80. The Labute approximate surface area is 395 Å². The summed E-state index contributed by atoms with van der Waals surface area (Å²) in [5, 5.41) is 163. The van der Waals surface area contributed by atoms with Crippen molar-refractivity contribution >= 4 is 11.5 Å². The minimum absolute atomic E-state index is 0.0181. The van der Waals surface area contributed by atoms with E-state index in [1.807, 2.05) is 0 Å². The lowest BCUT2D eigenvalue weighted by Crippen LogP contribution is -2.68. The van der Waals surface area contributed by atoms with Gasteiger partial charge in [-0.1, -0.05) is 0 Å². The summed E-state index contributed by atoms with van der Waals surface area (Å²) < 4.78 is 67.6. The van der Waals surface area contributed by atoms with Crippen LogP contribution >= 0.6 is 0 Å². The van der Waals surface area contributed by atoms with Gasteiger partial charge in [0.1, 0.15) is 134 Å². The molecule has 6 heterocycles. The Balaban J connectivity index is 0.945. The predicted octanol–water partition coefficient (Wildman–Crippen LogP) is -8.56. The highest BCUT2D eigenvalue weighted by Gasteiger charge is 2.57. The van der Waals surface area contributed by atoms with Gasteiger partial charge in [0.2, 0.25) is 6.29 Å². The third kappa shape index (κ3) is 11.6. The molecule has 6 fully saturated rings. The third-order valence-electron chi connectivity index (χ3n) is 12.6. The molecule has 0 aromatic heterocycles. The van der Waals surface area contributed by atoms with Gasteiger partial charge in [-0.25, -0.2) is 0 Å². The van der Waals surface area contributed by atoms with E-state index in [1.54, 1.807) is 0 Å². The number of Topliss-reactive ketones (excluding diaryl/α,β-unsaturated/α-hetero) is 1. The standard InChI is InChI=1S/C40H59NO29/c1-12(46)6-20-59-11-19-35(66-20)25(51)30(56)40(65-19)70-34-18(10-45)64-39(29(55)24(34)50)69-33-17(9-44)63-38(28(54)23(33)49)68-32-16(8-43)62-37(27(53)22(32)48)67-31-15(7-42)61-36(26(52)21(31)47)60-14-4-2-13(3-5-14)41(57)58/h2-5,15-40,42-45,47-56H,6-11H2,1H3/t15-,16-,17-,18-,19-,20?,21-,22-,23-,24-,25-,26-,27-,28-,29-,30-,31-,32-,33-,34-,35-,36-,37+,38+,39+,40+/m1/s1. The zero-order chi connectivity index (χ0) is 50.9. The second kappa shape index (κ2) is 23.5. The number of hydrogen-bond donors (Lipinski definition) is 14. The monoisotopic (exact) mass is 1020 g/mol. The smallest absolute Gasteiger partial charge is 0.269 e. The summed E-state index contributed by atoms with van der Waals surface area (Å²) in [5.41, 5.74) is -0.266. The van der Waals surface area contributed by atoms with E-state index in [0.717, 1.165) is 12.1 Å². The molecule has 30 nitrogen and oxygen atoms in total. The number of ketones is 1. The van der Waals surface area contributed by atoms with Crippen LogP contribution in [0.4, 0.5) is 5.69 Å². The van der Waals surface area contributed by atoms with Crippen LogP contribution in [0.25, 0.3) is 0 Å². The number of aliphatic hydroxyl groups excluding tert-OH is 14. The lowest BCUT2D eigenvalue weighted by atomic mass is 9.95. The van der Waals surface area contributed by atoms with E-state index < -0.39 is 191 Å². The third-order valence-corrected chi connectivity index (χ3v) is 12.6. The Kier molecular flexibility index (Phi) is 18.4. The Hall–Kier alpha value is -2.91. The SMILES string of the molecule is CC(=O)CC1OC[C@H]2O[C@@H](O[C@H]3[C@H](O)[C@@H](O)[C@H](O[C@H]4[C@H](O)[C@@H](O)[C@H](O[C@H]5[C@H](O)[C@@H](O)[C@H](O[C@H]6[C@H](O)[C@@H](O)[C@H](Oc7ccc([N+](=O)[O-])cc7)O[C@@H]6CO)O[C@@H]5CO)O[C@@H]4CO)O[C@@H]3CO)[C@H](O)[C@@H](O)[C@@H]2O1. The molecular weight excluding hydrogens is 958 g/mol. The average molecular weight is 1020 g/mol. The van der Waals surface area contributed by atoms with Crippen molar-refractivity contribution in [3.63, 3.8) is 0 Å². The maximum Gasteiger partial charge on any atom is 0.269 e. The molecule has 14 N–H and O–H groups in total. The summed E-state index contributed by atoms with van der Waals surface area (Å²) >= 11 is 0. The summed E-state index contributed by atoms with van der Waals surface area (Å²) in [6.45, 7) is -2.66. The molecule has 6 aliphatic rings. The molecule has 0 amide bonds. The van der Waals surface area contributed by atoms with Gasteiger partial charge in [-0.05, 0) is 19.1 Å². The molecular formula is C40H59NO29. The molecule has 30 heteroatoms. The first-order valence-electron chi connectivity index (χ1n) is 22.1. The second-order valence-corrected chi connectivity index (χ2v) is 17.4. The van der Waals surface area contributed by atoms with Crippen LogP contribution in [0.15, 0.2) is 24.3 Å². The van der Waals surface area contributed by atoms with Gasteiger partial charge >= 0.3 is 0 Å². The topological polar surface area (TPSA) is 454 Å². The Morgan fingerprint density at radius 3 is 1.27 bits per heavy atom. The van der Waals surface area contributed by atoms with Crippen LogP contribution in [0.5, 0.6) is 5.75 Å². The van der Waals surface area contributed by atoms with Gasteiger partial charge in [-0.2, -0.15) is 0 Å². The number of benzene rings is 1. The fourth-order valence-corrected chi connectivity index (χ4v) is 8.80. The molecule has 6 saturated heterocycles. The van der Waals surface area contributed by atoms with Crippen LogP contribution in [0.1, 0.15) is 13.3 Å². The number of nitrogens with zero attached hydrogens (tertiary/aromatic N) is 1. The number of fused-ring (bicyclic) bond motifs is 1. The summed E-state index contributed by atoms with van der Waals surface area (Å²) in [4.78, 5) is 21.9. The number of ether oxygens (including phenoxy) is 12. The van der Waals surface area contributed by atoms with Gasteiger partial charge in [0.05, 0.1) is 44.4 Å². The molecule has 0 spiro atoms. The van der Waals surface area contributed by atoms with E-state index >= 15 is 0 Å². The molecule has 7 rings (SSSR count). The normalized spacial score (nSPS) is 46.7. The number of carbonyl (C=O) groups is 1. The molecule has 1 unspecified atom stereocenters. The molecule has 1 aromatic carbocycles. The maximum atomic E-state index is 11.5. The predicted molar refractivity (Wildman–Crippen MR) is 215 cm³/mol. The first-order chi connectivity index (χ1) is 33.3. The molecule has 70 heavy (non-hydrogen) atoms. The molecule has 398 valence electrons. The molecule has 6 aliphatic heterocycles. The van der Waals surface area contributed by atoms with Gasteiger partial charge in [-0.15, -0.1) is 0 Å². The average Bonchev–Trinajstić information content (AvgIpc) is 3.34. The van der Waals surface area contributed by atoms with Crippen LogP contribution in [-0.2, 0) is 56.9 Å². The van der Waals surface area contributed by atoms with Gasteiger partial charge in [0.15, 0.2) is 31.5 Å². The lowest BCUT2D eigenvalue weighted by Gasteiger charge is -2.50. The molecule has 0 saturated carbocycles. The number of non-ortho nitro benzene ring substituents is 1. The van der Waals surface area contributed by atoms with Crippen molar-refractivity contribution in [2.24, 2.45) is 0 Å². The first-order valence-corrected chi connectivity index (χ1v) is 22.1. The van der Waals surface area contributed by atoms with Crippen molar-refractivity contribution in [3.8, 4) is 5.75 Å². The van der Waals surface area contributed by atoms with E-state index in [1.165, 1.54) is 19.1 Å². The number of nitro groups is 1. The van der Waals surface area contributed by atoms with Crippen LogP contribution in [0, 0.1) is 10.1 Å². The molecule has 0 aliphatic carbocycles. The Morgan fingerprint density at radius 2 is 0.900 bits per heavy atom. The van der Waals surface area contributed by atoms with Crippen molar-refractivity contribution in [2.75, 3.05) is 33.0 Å². The minimum atomic E-state index is -2.14. The van der Waals surface area contributed by atoms with E-state index in [2.05, 4.69) is 0 Å². The maximum absolute atomic E-state index is 11.5. The quantitative estimate of drug-likeness (QED) is 0.0509. The molecule has 0 bridgehead atoms. The zero-order valence-electron chi connectivity index (χ0n) is 36.9. The van der Waals surface area contributed by atoms with Crippen molar-refractivity contribution in [2.45, 2.75) is 173 Å². The minimum Gasteiger partial charge on any atom is -0.462 e. The van der Waals surface area contributed by atoms with Crippen molar-refractivity contribution in [1.82, 2.24) is 0 Å². The van der Waals surface area contributed by atoms with Crippen LogP contribution < -0.4 is 4.74 Å². The van der Waals surface area contributed by atoms with Crippen LogP contribution in [-0.4, -0.2) is 275 Å². The summed E-state index contributed by atoms with van der Waals surface area (Å²) in [6, 6.07) is 4.60. The van der Waals surface area contributed by atoms with Crippen LogP contribution in [0.3, 0.4) is 0 Å². The number of nitro benzene ring substituents is 1. The van der Waals surface area contributed by atoms with E-state index in [4.69, 9.17) is 56.8 Å². The first kappa shape index (κ1) is 54.9. The highest BCUT2D eigenvalue weighted by atomic mass is 16.8. The van der Waals surface area contributed by atoms with Crippen LogP contribution in [0.2, 0.25) is 0 Å². The van der Waals surface area contributed by atoms with Gasteiger partial charge < -0.3 is 128 Å². The zero-order valence-corrected chi connectivity index (χ0v) is 36.9. The fraction of sp³-hybridized carbons (Fsp3) is 0.825. The van der Waals surface area contributed by atoms with Gasteiger partial charge in [0, 0.05) is 12.1 Å². The number of carbonyl (C=O) groups excluding carboxylic acids is 1. The second-order valence-electron chi connectivity index (χ2n) is 17.4. The number of rotatable bonds is 17. The largest absolute Gasteiger partial charge is 0.462 e. The van der Waals surface area contributed by atoms with Crippen molar-refractivity contribution < 1.29 is 138 Å². The van der Waals surface area contributed by atoms with E-state index in [9.17, 15) is 86.4 Å². The van der Waals surface area contributed by atoms with Crippen molar-refractivity contribution in [3.05, 3.63) is 34.4 Å². The molecule has 26 atom stereocenters. The van der Waals surface area contributed by atoms with Crippen molar-refractivity contribution in [1.29, 1.82) is 0 Å². The Morgan fingerprint density at radius 1 is 0.543 bits per heavy atom. The summed E-state index contributed by atoms with van der Waals surface area (Å²) in [5.74, 6) is -0.277. The molecule has 0 radical (unpaired) electrons. The lowest BCUT2D eigenvalue weighted by molar-refractivity contribution is -0.398.